The van der Waals surface area contributed by atoms with Gasteiger partial charge in [0.15, 0.2) is 0 Å². The highest BCUT2D eigenvalue weighted by atomic mass is 13.7. The van der Waals surface area contributed by atoms with Gasteiger partial charge >= 0.3 is 0 Å². The Kier molecular flexibility index (Phi) is 6.83. The van der Waals surface area contributed by atoms with Crippen molar-refractivity contribution >= 4 is 0 Å². The van der Waals surface area contributed by atoms with Crippen molar-refractivity contribution in [3.05, 3.63) is 36.5 Å². The van der Waals surface area contributed by atoms with Crippen LogP contribution < -0.4 is 0 Å². The number of allylic oxidation sites excluding steroid dienone is 6. The molecule has 0 aromatic rings. The average Bonchev–Trinajstić information content (AvgIpc) is 1.97. The summed E-state index contributed by atoms with van der Waals surface area (Å²) in [6, 6.07) is 0. The fraction of sp³-hybridized carbons (Fsp3) is 0.200. The average molecular weight is 132 g/mol. The molecular formula is C10H12. The lowest BCUT2D eigenvalue weighted by atomic mass is 10.3. The van der Waals surface area contributed by atoms with Crippen molar-refractivity contribution in [1.82, 2.24) is 0 Å². The highest BCUT2D eigenvalue weighted by molar-refractivity contribution is 5.12. The van der Waals surface area contributed by atoms with Gasteiger partial charge in [-0.2, -0.15) is 0 Å². The maximum Gasteiger partial charge on any atom is 0.0270 e. The molecule has 0 heteroatoms. The monoisotopic (exact) mass is 132 g/mol. The molecule has 0 aliphatic carbocycles. The molecule has 0 atom stereocenters. The van der Waals surface area contributed by atoms with Gasteiger partial charge in [0.25, 0.3) is 0 Å². The zero-order valence-corrected chi connectivity index (χ0v) is 6.25. The van der Waals surface area contributed by atoms with Crippen molar-refractivity contribution in [2.75, 3.05) is 0 Å². The second-order valence-electron chi connectivity index (χ2n) is 1.75. The van der Waals surface area contributed by atoms with E-state index in [-0.39, 0.29) is 0 Å². The van der Waals surface area contributed by atoms with E-state index in [2.05, 4.69) is 5.92 Å². The first-order chi connectivity index (χ1) is 4.91. The van der Waals surface area contributed by atoms with Gasteiger partial charge in [0.1, 0.15) is 0 Å². The van der Waals surface area contributed by atoms with Crippen molar-refractivity contribution in [3.8, 4) is 12.3 Å². The van der Waals surface area contributed by atoms with Crippen LogP contribution in [0.2, 0.25) is 0 Å². The van der Waals surface area contributed by atoms with Crippen molar-refractivity contribution < 1.29 is 0 Å². The SMILES string of the molecule is C#CCC=CC=CC=CC. The summed E-state index contributed by atoms with van der Waals surface area (Å²) in [5.41, 5.74) is 0. The van der Waals surface area contributed by atoms with Crippen LogP contribution in [0.1, 0.15) is 13.3 Å². The van der Waals surface area contributed by atoms with E-state index in [4.69, 9.17) is 6.42 Å². The molecule has 0 rings (SSSR count). The van der Waals surface area contributed by atoms with Gasteiger partial charge in [-0.3, -0.25) is 0 Å². The van der Waals surface area contributed by atoms with Gasteiger partial charge in [0, 0.05) is 6.42 Å². The molecule has 0 nitrogen and oxygen atoms in total. The Morgan fingerprint density at radius 3 is 2.50 bits per heavy atom. The standard InChI is InChI=1S/C10H12/c1-3-5-7-9-10-8-6-4-2/h1,4,6-10H,5H2,2H3. The zero-order valence-electron chi connectivity index (χ0n) is 6.25. The summed E-state index contributed by atoms with van der Waals surface area (Å²) >= 11 is 0. The number of hydrogen-bond donors (Lipinski definition) is 0. The van der Waals surface area contributed by atoms with Crippen LogP contribution in [-0.4, -0.2) is 0 Å². The van der Waals surface area contributed by atoms with E-state index in [1.165, 1.54) is 0 Å². The van der Waals surface area contributed by atoms with E-state index < -0.39 is 0 Å². The molecule has 0 fully saturated rings. The van der Waals surface area contributed by atoms with Gasteiger partial charge in [-0.05, 0) is 6.92 Å². The molecule has 0 spiro atoms. The number of rotatable bonds is 3. The molecule has 0 unspecified atom stereocenters. The fourth-order valence-corrected chi connectivity index (χ4v) is 0.454. The summed E-state index contributed by atoms with van der Waals surface area (Å²) in [6.45, 7) is 1.98. The smallest absolute Gasteiger partial charge is 0.0270 e. The molecule has 0 saturated heterocycles. The van der Waals surface area contributed by atoms with Gasteiger partial charge in [0.2, 0.25) is 0 Å². The molecule has 0 heterocycles. The second-order valence-corrected chi connectivity index (χ2v) is 1.75. The molecule has 0 aliphatic heterocycles. The topological polar surface area (TPSA) is 0 Å². The molecule has 0 aromatic carbocycles. The van der Waals surface area contributed by atoms with Gasteiger partial charge in [-0.1, -0.05) is 36.5 Å². The third-order valence-corrected chi connectivity index (χ3v) is 0.898. The van der Waals surface area contributed by atoms with Crippen molar-refractivity contribution in [1.29, 1.82) is 0 Å². The van der Waals surface area contributed by atoms with Crippen LogP contribution in [0.15, 0.2) is 36.5 Å². The van der Waals surface area contributed by atoms with Gasteiger partial charge < -0.3 is 0 Å². The number of terminal acetylenes is 1. The molecule has 0 bridgehead atoms. The third kappa shape index (κ3) is 6.78. The van der Waals surface area contributed by atoms with E-state index in [1.807, 2.05) is 43.4 Å². The molecule has 0 amide bonds. The van der Waals surface area contributed by atoms with Crippen LogP contribution in [0.25, 0.3) is 0 Å². The summed E-state index contributed by atoms with van der Waals surface area (Å²) < 4.78 is 0. The molecule has 52 valence electrons. The summed E-state index contributed by atoms with van der Waals surface area (Å²) in [4.78, 5) is 0. The van der Waals surface area contributed by atoms with Gasteiger partial charge in [0.05, 0.1) is 0 Å². The normalized spacial score (nSPS) is 11.6. The second kappa shape index (κ2) is 7.78. The zero-order chi connectivity index (χ0) is 7.66. The molecular weight excluding hydrogens is 120 g/mol. The first kappa shape index (κ1) is 8.78. The molecule has 0 radical (unpaired) electrons. The molecule has 10 heavy (non-hydrogen) atoms. The van der Waals surface area contributed by atoms with Crippen molar-refractivity contribution in [2.45, 2.75) is 13.3 Å². The van der Waals surface area contributed by atoms with Crippen LogP contribution in [0.3, 0.4) is 0 Å². The highest BCUT2D eigenvalue weighted by Gasteiger charge is 1.63. The molecule has 0 aromatic heterocycles. The maximum absolute atomic E-state index is 5.03. The largest absolute Gasteiger partial charge is 0.120 e. The Morgan fingerprint density at radius 1 is 1.20 bits per heavy atom. The van der Waals surface area contributed by atoms with Crippen LogP contribution in [-0.2, 0) is 0 Å². The fourth-order valence-electron chi connectivity index (χ4n) is 0.454. The van der Waals surface area contributed by atoms with Crippen molar-refractivity contribution in [2.24, 2.45) is 0 Å². The van der Waals surface area contributed by atoms with Crippen LogP contribution in [0.5, 0.6) is 0 Å². The Labute approximate surface area is 63.0 Å². The lowest BCUT2D eigenvalue weighted by Crippen LogP contribution is -1.54. The highest BCUT2D eigenvalue weighted by Crippen LogP contribution is 1.82. The molecule has 0 N–H and O–H groups in total. The van der Waals surface area contributed by atoms with Gasteiger partial charge in [-0.15, -0.1) is 12.3 Å². The first-order valence-electron chi connectivity index (χ1n) is 3.29. The predicted molar refractivity (Wildman–Crippen MR) is 46.5 cm³/mol. The molecule has 0 saturated carbocycles. The van der Waals surface area contributed by atoms with Crippen LogP contribution in [0, 0.1) is 12.3 Å². The predicted octanol–water partition coefficient (Wildman–Crippen LogP) is 2.70. The Balaban J connectivity index is 3.44. The van der Waals surface area contributed by atoms with Crippen LogP contribution >= 0.6 is 0 Å². The van der Waals surface area contributed by atoms with Gasteiger partial charge in [-0.25, -0.2) is 0 Å². The minimum atomic E-state index is 0.709. The van der Waals surface area contributed by atoms with Crippen LogP contribution in [0.4, 0.5) is 0 Å². The van der Waals surface area contributed by atoms with E-state index >= 15 is 0 Å². The molecule has 0 aliphatic rings. The summed E-state index contributed by atoms with van der Waals surface area (Å²) in [7, 11) is 0. The lowest BCUT2D eigenvalue weighted by molar-refractivity contribution is 1.47. The summed E-state index contributed by atoms with van der Waals surface area (Å²) in [6.07, 6.45) is 17.5. The third-order valence-electron chi connectivity index (χ3n) is 0.898. The van der Waals surface area contributed by atoms with E-state index in [0.29, 0.717) is 6.42 Å². The van der Waals surface area contributed by atoms with E-state index in [0.717, 1.165) is 0 Å². The first-order valence-corrected chi connectivity index (χ1v) is 3.29. The quantitative estimate of drug-likeness (QED) is 0.409. The summed E-state index contributed by atoms with van der Waals surface area (Å²) in [5.74, 6) is 2.52. The van der Waals surface area contributed by atoms with Crippen molar-refractivity contribution in [3.63, 3.8) is 0 Å². The van der Waals surface area contributed by atoms with E-state index in [1.54, 1.807) is 0 Å². The Hall–Kier alpha value is -1.22. The van der Waals surface area contributed by atoms with E-state index in [9.17, 15) is 0 Å². The Morgan fingerprint density at radius 2 is 1.90 bits per heavy atom. The minimum Gasteiger partial charge on any atom is -0.120 e. The lowest BCUT2D eigenvalue weighted by Gasteiger charge is -1.73. The number of hydrogen-bond acceptors (Lipinski definition) is 0. The maximum atomic E-state index is 5.03. The summed E-state index contributed by atoms with van der Waals surface area (Å²) in [5, 5.41) is 0. The Bertz CT molecular complexity index is 175. The minimum absolute atomic E-state index is 0.709.